The van der Waals surface area contributed by atoms with E-state index in [9.17, 15) is 19.5 Å². The van der Waals surface area contributed by atoms with E-state index in [2.05, 4.69) is 4.98 Å². The zero-order chi connectivity index (χ0) is 25.1. The lowest BCUT2D eigenvalue weighted by Gasteiger charge is -2.38. The smallest absolute Gasteiger partial charge is 0.409 e. The molecule has 184 valence electrons. The minimum atomic E-state index is -0.878. The predicted molar refractivity (Wildman–Crippen MR) is 128 cm³/mol. The number of likely N-dealkylation sites (tertiary alicyclic amines) is 2. The van der Waals surface area contributed by atoms with Crippen LogP contribution in [0.5, 0.6) is 5.75 Å². The van der Waals surface area contributed by atoms with Gasteiger partial charge in [-0.1, -0.05) is 17.7 Å². The van der Waals surface area contributed by atoms with E-state index < -0.39 is 23.8 Å². The number of nitrogens with zero attached hydrogens (tertiary/aromatic N) is 3. The van der Waals surface area contributed by atoms with Crippen molar-refractivity contribution in [2.24, 2.45) is 0 Å². The van der Waals surface area contributed by atoms with Crippen molar-refractivity contribution in [3.05, 3.63) is 64.4 Å². The van der Waals surface area contributed by atoms with Crippen molar-refractivity contribution in [3.8, 4) is 5.75 Å². The van der Waals surface area contributed by atoms with E-state index in [1.807, 2.05) is 0 Å². The molecule has 2 aromatic rings. The number of hydrogen-bond acceptors (Lipinski definition) is 7. The second-order valence-electron chi connectivity index (χ2n) is 8.23. The van der Waals surface area contributed by atoms with Gasteiger partial charge in [-0.25, -0.2) is 4.79 Å². The number of methoxy groups -OCH3 is 1. The molecule has 4 rings (SSSR count). The molecule has 0 aliphatic carbocycles. The summed E-state index contributed by atoms with van der Waals surface area (Å²) >= 11 is 6.24. The number of aliphatic hydroxyl groups is 1. The van der Waals surface area contributed by atoms with Crippen LogP contribution in [0.3, 0.4) is 0 Å². The molecule has 0 saturated carbocycles. The van der Waals surface area contributed by atoms with Crippen LogP contribution in [0.2, 0.25) is 5.02 Å². The molecule has 0 bridgehead atoms. The van der Waals surface area contributed by atoms with Crippen LogP contribution in [0.4, 0.5) is 4.79 Å². The number of pyridine rings is 1. The second-order valence-corrected chi connectivity index (χ2v) is 8.63. The Balaban J connectivity index is 1.73. The molecule has 10 heteroatoms. The maximum absolute atomic E-state index is 13.3. The van der Waals surface area contributed by atoms with Crippen LogP contribution < -0.4 is 4.74 Å². The van der Waals surface area contributed by atoms with Crippen LogP contribution in [0.1, 0.15) is 37.1 Å². The van der Waals surface area contributed by atoms with Gasteiger partial charge in [0, 0.05) is 30.9 Å². The highest BCUT2D eigenvalue weighted by Gasteiger charge is 2.50. The van der Waals surface area contributed by atoms with Gasteiger partial charge >= 0.3 is 6.09 Å². The molecule has 1 aromatic carbocycles. The van der Waals surface area contributed by atoms with Crippen LogP contribution in [-0.2, 0) is 14.3 Å². The van der Waals surface area contributed by atoms with Crippen LogP contribution >= 0.6 is 11.6 Å². The molecule has 2 aliphatic rings. The Bertz CT molecular complexity index is 1160. The van der Waals surface area contributed by atoms with E-state index in [-0.39, 0.29) is 34.6 Å². The SMILES string of the molecule is CCOC(=O)N1CCC(N2C(=O)C(=O)/C(=C(/O)c3ccc(OC)c(Cl)c3)C2c2ccccn2)CC1. The first kappa shape index (κ1) is 24.5. The van der Waals surface area contributed by atoms with Crippen molar-refractivity contribution in [1.82, 2.24) is 14.8 Å². The van der Waals surface area contributed by atoms with Gasteiger partial charge in [-0.15, -0.1) is 0 Å². The van der Waals surface area contributed by atoms with Gasteiger partial charge in [0.05, 0.1) is 30.0 Å². The van der Waals surface area contributed by atoms with Crippen LogP contribution in [0.15, 0.2) is 48.2 Å². The second kappa shape index (κ2) is 10.4. The molecular formula is C25H26ClN3O6. The first-order chi connectivity index (χ1) is 16.9. The fourth-order valence-electron chi connectivity index (χ4n) is 4.57. The summed E-state index contributed by atoms with van der Waals surface area (Å²) in [6.45, 7) is 2.79. The number of carbonyl (C=O) groups is 3. The summed E-state index contributed by atoms with van der Waals surface area (Å²) in [5, 5.41) is 11.5. The normalized spacial score (nSPS) is 20.3. The molecule has 9 nitrogen and oxygen atoms in total. The number of ether oxygens (including phenoxy) is 2. The van der Waals surface area contributed by atoms with Crippen molar-refractivity contribution in [2.45, 2.75) is 31.8 Å². The number of halogens is 1. The summed E-state index contributed by atoms with van der Waals surface area (Å²) in [5.74, 6) is -1.43. The summed E-state index contributed by atoms with van der Waals surface area (Å²) in [6, 6.07) is 8.63. The molecular weight excluding hydrogens is 474 g/mol. The summed E-state index contributed by atoms with van der Waals surface area (Å²) in [6.07, 6.45) is 2.10. The minimum Gasteiger partial charge on any atom is -0.507 e. The molecule has 0 spiro atoms. The first-order valence-electron chi connectivity index (χ1n) is 11.3. The Kier molecular flexibility index (Phi) is 7.25. The monoisotopic (exact) mass is 499 g/mol. The summed E-state index contributed by atoms with van der Waals surface area (Å²) < 4.78 is 10.2. The lowest BCUT2D eigenvalue weighted by atomic mass is 9.96. The lowest BCUT2D eigenvalue weighted by molar-refractivity contribution is -0.142. The molecule has 35 heavy (non-hydrogen) atoms. The van der Waals surface area contributed by atoms with Crippen LogP contribution in [-0.4, -0.2) is 70.5 Å². The number of Topliss-reactive ketones (excluding diaryl/α,β-unsaturated/α-hetero) is 1. The highest BCUT2D eigenvalue weighted by atomic mass is 35.5. The lowest BCUT2D eigenvalue weighted by Crippen LogP contribution is -2.48. The fourth-order valence-corrected chi connectivity index (χ4v) is 4.82. The van der Waals surface area contributed by atoms with Crippen molar-refractivity contribution >= 4 is 35.1 Å². The topological polar surface area (TPSA) is 109 Å². The number of amides is 2. The van der Waals surface area contributed by atoms with Crippen LogP contribution in [0.25, 0.3) is 5.76 Å². The third-order valence-corrected chi connectivity index (χ3v) is 6.55. The zero-order valence-electron chi connectivity index (χ0n) is 19.4. The standard InChI is InChI=1S/C25H26ClN3O6/c1-3-35-25(33)28-12-9-16(10-13-28)29-21(18-6-4-5-11-27-18)20(23(31)24(29)32)22(30)15-7-8-19(34-2)17(26)14-15/h4-8,11,14,16,21,30H,3,9-10,12-13H2,1-2H3/b22-20+. The Morgan fingerprint density at radius 1 is 1.20 bits per heavy atom. The third-order valence-electron chi connectivity index (χ3n) is 6.26. The minimum absolute atomic E-state index is 0.0530. The largest absolute Gasteiger partial charge is 0.507 e. The zero-order valence-corrected chi connectivity index (χ0v) is 20.2. The Morgan fingerprint density at radius 3 is 2.54 bits per heavy atom. The molecule has 1 unspecified atom stereocenters. The van der Waals surface area contributed by atoms with Crippen LogP contribution in [0, 0.1) is 0 Å². The van der Waals surface area contributed by atoms with Crippen molar-refractivity contribution in [1.29, 1.82) is 0 Å². The Hall–Kier alpha value is -3.59. The summed E-state index contributed by atoms with van der Waals surface area (Å²) in [5.41, 5.74) is 0.690. The molecule has 2 amide bonds. The average Bonchev–Trinajstić information content (AvgIpc) is 3.14. The molecule has 0 radical (unpaired) electrons. The van der Waals surface area contributed by atoms with Crippen molar-refractivity contribution < 1.29 is 29.0 Å². The highest BCUT2D eigenvalue weighted by molar-refractivity contribution is 6.46. The number of ketones is 1. The number of hydrogen-bond donors (Lipinski definition) is 1. The maximum atomic E-state index is 13.3. The van der Waals surface area contributed by atoms with Gasteiger partial charge in [0.2, 0.25) is 0 Å². The Labute approximate surface area is 207 Å². The molecule has 2 fully saturated rings. The number of aromatic nitrogens is 1. The molecule has 1 aromatic heterocycles. The van der Waals surface area contributed by atoms with Gasteiger partial charge in [0.15, 0.2) is 0 Å². The van der Waals surface area contributed by atoms with E-state index in [0.29, 0.717) is 37.4 Å². The van der Waals surface area contributed by atoms with E-state index >= 15 is 0 Å². The van der Waals surface area contributed by atoms with Gasteiger partial charge in [-0.05, 0) is 50.1 Å². The van der Waals surface area contributed by atoms with E-state index in [4.69, 9.17) is 21.1 Å². The quantitative estimate of drug-likeness (QED) is 0.378. The fraction of sp³-hybridized carbons (Fsp3) is 0.360. The number of piperidine rings is 1. The summed E-state index contributed by atoms with van der Waals surface area (Å²) in [7, 11) is 1.47. The number of rotatable bonds is 5. The molecule has 1 atom stereocenters. The molecule has 2 aliphatic heterocycles. The van der Waals surface area contributed by atoms with Gasteiger partial charge in [-0.3, -0.25) is 14.6 Å². The first-order valence-corrected chi connectivity index (χ1v) is 11.7. The number of aliphatic hydroxyl groups excluding tert-OH is 1. The van der Waals surface area contributed by atoms with Gasteiger partial charge in [0.1, 0.15) is 17.6 Å². The van der Waals surface area contributed by atoms with Crippen molar-refractivity contribution in [2.75, 3.05) is 26.8 Å². The van der Waals surface area contributed by atoms with E-state index in [0.717, 1.165) is 0 Å². The van der Waals surface area contributed by atoms with Gasteiger partial charge in [-0.2, -0.15) is 0 Å². The van der Waals surface area contributed by atoms with E-state index in [1.54, 1.807) is 48.4 Å². The van der Waals surface area contributed by atoms with Gasteiger partial charge in [0.25, 0.3) is 11.7 Å². The van der Waals surface area contributed by atoms with Crippen molar-refractivity contribution in [3.63, 3.8) is 0 Å². The third kappa shape index (κ3) is 4.68. The average molecular weight is 500 g/mol. The number of benzene rings is 1. The maximum Gasteiger partial charge on any atom is 0.409 e. The molecule has 2 saturated heterocycles. The van der Waals surface area contributed by atoms with E-state index in [1.165, 1.54) is 18.1 Å². The number of carbonyl (C=O) groups excluding carboxylic acids is 3. The summed E-state index contributed by atoms with van der Waals surface area (Å²) in [4.78, 5) is 46.1. The molecule has 3 heterocycles. The molecule has 1 N–H and O–H groups in total. The highest BCUT2D eigenvalue weighted by Crippen LogP contribution is 2.42. The Morgan fingerprint density at radius 2 is 1.94 bits per heavy atom. The predicted octanol–water partition coefficient (Wildman–Crippen LogP) is 3.79. The van der Waals surface area contributed by atoms with Gasteiger partial charge < -0.3 is 24.4 Å².